The number of halogens is 1. The van der Waals surface area contributed by atoms with Crippen LogP contribution in [0.1, 0.15) is 23.7 Å². The number of carbonyl (C=O) groups excluding carboxylic acids is 1. The fourth-order valence-electron chi connectivity index (χ4n) is 1.53. The van der Waals surface area contributed by atoms with Crippen molar-refractivity contribution in [2.24, 2.45) is 0 Å². The summed E-state index contributed by atoms with van der Waals surface area (Å²) in [7, 11) is 0. The lowest BCUT2D eigenvalue weighted by molar-refractivity contribution is -0.385. The molecule has 0 aliphatic rings. The lowest BCUT2D eigenvalue weighted by Gasteiger charge is -2.19. The number of pyridine rings is 1. The number of nitro groups is 1. The van der Waals surface area contributed by atoms with Crippen molar-refractivity contribution in [2.45, 2.75) is 13.3 Å². The molecular formula is C11H11ClN4O3. The Balaban J connectivity index is 3.15. The number of carbonyl (C=O) groups is 1. The Labute approximate surface area is 114 Å². The highest BCUT2D eigenvalue weighted by Gasteiger charge is 2.27. The molecule has 0 N–H and O–H groups in total. The van der Waals surface area contributed by atoms with Gasteiger partial charge >= 0.3 is 5.69 Å². The van der Waals surface area contributed by atoms with Gasteiger partial charge < -0.3 is 4.90 Å². The van der Waals surface area contributed by atoms with Gasteiger partial charge in [0.05, 0.1) is 17.4 Å². The van der Waals surface area contributed by atoms with E-state index in [9.17, 15) is 14.9 Å². The third-order valence-electron chi connectivity index (χ3n) is 2.46. The quantitative estimate of drug-likeness (QED) is 0.467. The van der Waals surface area contributed by atoms with E-state index >= 15 is 0 Å². The van der Waals surface area contributed by atoms with Gasteiger partial charge in [0.15, 0.2) is 0 Å². The summed E-state index contributed by atoms with van der Waals surface area (Å²) in [4.78, 5) is 27.3. The largest absolute Gasteiger partial charge is 0.338 e. The molecular weight excluding hydrogens is 272 g/mol. The van der Waals surface area contributed by atoms with Crippen LogP contribution in [0.3, 0.4) is 0 Å². The molecule has 0 radical (unpaired) electrons. The minimum absolute atomic E-state index is 0.121. The molecule has 1 aromatic rings. The molecule has 1 heterocycles. The van der Waals surface area contributed by atoms with Gasteiger partial charge in [0.25, 0.3) is 5.91 Å². The van der Waals surface area contributed by atoms with Crippen molar-refractivity contribution < 1.29 is 9.72 Å². The molecule has 1 amide bonds. The second kappa shape index (κ2) is 6.66. The van der Waals surface area contributed by atoms with Crippen LogP contribution in [0, 0.1) is 21.4 Å². The maximum Gasteiger partial charge on any atom is 0.319 e. The molecule has 0 aliphatic heterocycles. The van der Waals surface area contributed by atoms with Gasteiger partial charge in [-0.2, -0.15) is 5.26 Å². The van der Waals surface area contributed by atoms with E-state index in [0.717, 1.165) is 0 Å². The van der Waals surface area contributed by atoms with E-state index in [1.807, 2.05) is 6.07 Å². The summed E-state index contributed by atoms with van der Waals surface area (Å²) in [5, 5.41) is 19.1. The second-order valence-corrected chi connectivity index (χ2v) is 3.91. The number of hydrogen-bond acceptors (Lipinski definition) is 5. The Morgan fingerprint density at radius 3 is 2.89 bits per heavy atom. The van der Waals surface area contributed by atoms with Gasteiger partial charge in [-0.1, -0.05) is 11.6 Å². The summed E-state index contributed by atoms with van der Waals surface area (Å²) >= 11 is 5.64. The molecule has 1 aromatic heterocycles. The molecule has 19 heavy (non-hydrogen) atoms. The highest BCUT2D eigenvalue weighted by Crippen LogP contribution is 2.27. The zero-order chi connectivity index (χ0) is 14.4. The highest BCUT2D eigenvalue weighted by molar-refractivity contribution is 6.32. The van der Waals surface area contributed by atoms with Crippen molar-refractivity contribution in [2.75, 3.05) is 13.1 Å². The fraction of sp³-hybridized carbons (Fsp3) is 0.364. The Morgan fingerprint density at radius 2 is 2.37 bits per heavy atom. The van der Waals surface area contributed by atoms with Gasteiger partial charge in [-0.3, -0.25) is 14.9 Å². The van der Waals surface area contributed by atoms with Gasteiger partial charge in [0, 0.05) is 19.3 Å². The molecule has 0 saturated heterocycles. The number of amides is 1. The summed E-state index contributed by atoms with van der Waals surface area (Å²) < 4.78 is 0. The Bertz CT molecular complexity index is 541. The summed E-state index contributed by atoms with van der Waals surface area (Å²) in [6.07, 6.45) is 1.40. The monoisotopic (exact) mass is 282 g/mol. The average Bonchev–Trinajstić information content (AvgIpc) is 2.38. The summed E-state index contributed by atoms with van der Waals surface area (Å²) in [6, 6.07) is 3.17. The third kappa shape index (κ3) is 3.39. The second-order valence-electron chi connectivity index (χ2n) is 3.55. The van der Waals surface area contributed by atoms with Gasteiger partial charge in [-0.25, -0.2) is 4.98 Å². The van der Waals surface area contributed by atoms with E-state index in [1.54, 1.807) is 6.92 Å². The smallest absolute Gasteiger partial charge is 0.319 e. The zero-order valence-corrected chi connectivity index (χ0v) is 10.9. The molecule has 1 rings (SSSR count). The SMILES string of the molecule is CCN(CCC#N)C(=O)c1ccnc(Cl)c1[N+](=O)[O-]. The predicted octanol–water partition coefficient (Wildman–Crippen LogP) is 2.02. The lowest BCUT2D eigenvalue weighted by atomic mass is 10.2. The maximum absolute atomic E-state index is 12.2. The Morgan fingerprint density at radius 1 is 1.68 bits per heavy atom. The fourth-order valence-corrected chi connectivity index (χ4v) is 1.76. The molecule has 100 valence electrons. The van der Waals surface area contributed by atoms with Crippen molar-refractivity contribution >= 4 is 23.2 Å². The zero-order valence-electron chi connectivity index (χ0n) is 10.2. The van der Waals surface area contributed by atoms with Crippen LogP contribution in [-0.4, -0.2) is 33.8 Å². The Hall–Kier alpha value is -2.20. The first-order chi connectivity index (χ1) is 9.02. The van der Waals surface area contributed by atoms with Crippen LogP contribution < -0.4 is 0 Å². The van der Waals surface area contributed by atoms with Crippen LogP contribution in [0.2, 0.25) is 5.15 Å². The molecule has 7 nitrogen and oxygen atoms in total. The first-order valence-corrected chi connectivity index (χ1v) is 5.85. The molecule has 0 saturated carbocycles. The lowest BCUT2D eigenvalue weighted by Crippen LogP contribution is -2.32. The Kier molecular flexibility index (Phi) is 5.21. The van der Waals surface area contributed by atoms with Crippen molar-refractivity contribution in [3.8, 4) is 6.07 Å². The predicted molar refractivity (Wildman–Crippen MR) is 67.7 cm³/mol. The molecule has 0 aromatic carbocycles. The molecule has 8 heteroatoms. The molecule has 0 spiro atoms. The third-order valence-corrected chi connectivity index (χ3v) is 2.73. The van der Waals surface area contributed by atoms with Crippen LogP contribution in [0.15, 0.2) is 12.3 Å². The van der Waals surface area contributed by atoms with E-state index in [2.05, 4.69) is 4.98 Å². The van der Waals surface area contributed by atoms with E-state index in [0.29, 0.717) is 6.54 Å². The van der Waals surface area contributed by atoms with E-state index in [4.69, 9.17) is 16.9 Å². The molecule has 0 aliphatic carbocycles. The number of hydrogen-bond donors (Lipinski definition) is 0. The van der Waals surface area contributed by atoms with Crippen molar-refractivity contribution in [3.63, 3.8) is 0 Å². The van der Waals surface area contributed by atoms with E-state index in [-0.39, 0.29) is 23.7 Å². The van der Waals surface area contributed by atoms with Crippen LogP contribution in [0.4, 0.5) is 5.69 Å². The summed E-state index contributed by atoms with van der Waals surface area (Å²) in [6.45, 7) is 2.28. The van der Waals surface area contributed by atoms with Crippen LogP contribution in [0.5, 0.6) is 0 Å². The minimum Gasteiger partial charge on any atom is -0.338 e. The highest BCUT2D eigenvalue weighted by atomic mass is 35.5. The standard InChI is InChI=1S/C11H11ClN4O3/c1-2-15(7-3-5-13)11(17)8-4-6-14-10(12)9(8)16(18)19/h4,6H,2-3,7H2,1H3. The summed E-state index contributed by atoms with van der Waals surface area (Å²) in [5.41, 5.74) is -0.630. The van der Waals surface area contributed by atoms with Gasteiger partial charge in [0.1, 0.15) is 5.56 Å². The van der Waals surface area contributed by atoms with E-state index < -0.39 is 16.5 Å². The minimum atomic E-state index is -0.735. The first-order valence-electron chi connectivity index (χ1n) is 5.48. The van der Waals surface area contributed by atoms with Crippen LogP contribution in [-0.2, 0) is 0 Å². The van der Waals surface area contributed by atoms with Crippen molar-refractivity contribution in [1.29, 1.82) is 5.26 Å². The maximum atomic E-state index is 12.2. The van der Waals surface area contributed by atoms with Gasteiger partial charge in [-0.15, -0.1) is 0 Å². The van der Waals surface area contributed by atoms with Crippen molar-refractivity contribution in [3.05, 3.63) is 33.1 Å². The van der Waals surface area contributed by atoms with Crippen molar-refractivity contribution in [1.82, 2.24) is 9.88 Å². The topological polar surface area (TPSA) is 100 Å². The van der Waals surface area contributed by atoms with E-state index in [1.165, 1.54) is 17.2 Å². The normalized spacial score (nSPS) is 9.74. The number of nitriles is 1. The van der Waals surface area contributed by atoms with Gasteiger partial charge in [0.2, 0.25) is 5.15 Å². The average molecular weight is 283 g/mol. The number of aromatic nitrogens is 1. The van der Waals surface area contributed by atoms with Gasteiger partial charge in [-0.05, 0) is 13.0 Å². The molecule has 0 bridgehead atoms. The molecule has 0 atom stereocenters. The molecule has 0 unspecified atom stereocenters. The molecule has 0 fully saturated rings. The summed E-state index contributed by atoms with van der Waals surface area (Å²) in [5.74, 6) is -0.534. The number of rotatable bonds is 5. The number of nitrogens with zero attached hydrogens (tertiary/aromatic N) is 4. The first kappa shape index (κ1) is 14.9. The van der Waals surface area contributed by atoms with Crippen LogP contribution in [0.25, 0.3) is 0 Å². The van der Waals surface area contributed by atoms with Crippen LogP contribution >= 0.6 is 11.6 Å².